The van der Waals surface area contributed by atoms with Gasteiger partial charge in [-0.15, -0.1) is 11.3 Å². The predicted octanol–water partition coefficient (Wildman–Crippen LogP) is 5.22. The molecule has 0 radical (unpaired) electrons. The van der Waals surface area contributed by atoms with Crippen LogP contribution in [0.4, 0.5) is 13.2 Å². The van der Waals surface area contributed by atoms with Gasteiger partial charge in [0.05, 0.1) is 6.54 Å². The van der Waals surface area contributed by atoms with Gasteiger partial charge in [0.15, 0.2) is 0 Å². The fourth-order valence-corrected chi connectivity index (χ4v) is 4.25. The SMILES string of the molecule is CCn1ccnc1CNC(C)c1sc2c(C)cccc2c1C.O=C(O)C(F)(F)F. The first-order valence-electron chi connectivity index (χ1n) is 9.08. The van der Waals surface area contributed by atoms with Gasteiger partial charge >= 0.3 is 12.1 Å². The van der Waals surface area contributed by atoms with Gasteiger partial charge in [0.2, 0.25) is 0 Å². The van der Waals surface area contributed by atoms with Crippen molar-refractivity contribution >= 4 is 27.4 Å². The molecular weight excluding hydrogens is 403 g/mol. The number of thiophene rings is 1. The van der Waals surface area contributed by atoms with Crippen LogP contribution in [0.2, 0.25) is 0 Å². The number of rotatable bonds is 5. The fourth-order valence-electron chi connectivity index (χ4n) is 2.95. The van der Waals surface area contributed by atoms with E-state index in [1.807, 2.05) is 23.7 Å². The minimum atomic E-state index is -5.08. The third kappa shape index (κ3) is 5.57. The van der Waals surface area contributed by atoms with Gasteiger partial charge in [-0.2, -0.15) is 13.2 Å². The molecule has 1 aromatic carbocycles. The first-order chi connectivity index (χ1) is 13.6. The number of fused-ring (bicyclic) bond motifs is 1. The second-order valence-corrected chi connectivity index (χ2v) is 7.63. The van der Waals surface area contributed by atoms with E-state index in [1.165, 1.54) is 26.1 Å². The molecule has 2 heterocycles. The van der Waals surface area contributed by atoms with E-state index in [4.69, 9.17) is 9.90 Å². The molecule has 2 aromatic heterocycles. The first kappa shape index (κ1) is 22.9. The lowest BCUT2D eigenvalue weighted by Gasteiger charge is -2.14. The Morgan fingerprint density at radius 3 is 2.55 bits per heavy atom. The Balaban J connectivity index is 0.000000370. The Labute approximate surface area is 171 Å². The van der Waals surface area contributed by atoms with Gasteiger partial charge in [-0.1, -0.05) is 18.2 Å². The van der Waals surface area contributed by atoms with Gasteiger partial charge in [0, 0.05) is 34.6 Å². The quantitative estimate of drug-likeness (QED) is 0.586. The molecule has 1 atom stereocenters. The molecule has 2 N–H and O–H groups in total. The number of aryl methyl sites for hydroxylation is 3. The normalized spacial score (nSPS) is 12.5. The number of halogens is 3. The summed E-state index contributed by atoms with van der Waals surface area (Å²) >= 11 is 1.92. The Kier molecular flexibility index (Phi) is 7.43. The molecule has 9 heteroatoms. The highest BCUT2D eigenvalue weighted by Gasteiger charge is 2.38. The average molecular weight is 427 g/mol. The monoisotopic (exact) mass is 427 g/mol. The van der Waals surface area contributed by atoms with E-state index in [0.29, 0.717) is 6.04 Å². The van der Waals surface area contributed by atoms with Crippen LogP contribution in [0.25, 0.3) is 10.1 Å². The number of imidazole rings is 1. The van der Waals surface area contributed by atoms with Crippen molar-refractivity contribution < 1.29 is 23.1 Å². The van der Waals surface area contributed by atoms with Crippen LogP contribution < -0.4 is 5.32 Å². The van der Waals surface area contributed by atoms with Crippen molar-refractivity contribution in [3.05, 3.63) is 52.4 Å². The molecule has 1 unspecified atom stereocenters. The number of carboxylic acids is 1. The van der Waals surface area contributed by atoms with Gasteiger partial charge in [0.25, 0.3) is 0 Å². The maximum absolute atomic E-state index is 10.6. The first-order valence-corrected chi connectivity index (χ1v) is 9.90. The highest BCUT2D eigenvalue weighted by molar-refractivity contribution is 7.19. The summed E-state index contributed by atoms with van der Waals surface area (Å²) in [4.78, 5) is 14.8. The van der Waals surface area contributed by atoms with Crippen LogP contribution in [0.3, 0.4) is 0 Å². The Morgan fingerprint density at radius 1 is 1.34 bits per heavy atom. The number of nitrogens with zero attached hydrogens (tertiary/aromatic N) is 2. The molecule has 158 valence electrons. The molecule has 0 aliphatic rings. The number of benzene rings is 1. The summed E-state index contributed by atoms with van der Waals surface area (Å²) in [5.74, 6) is -1.66. The number of aromatic nitrogens is 2. The molecule has 0 aliphatic carbocycles. The molecule has 29 heavy (non-hydrogen) atoms. The third-order valence-electron chi connectivity index (χ3n) is 4.54. The molecule has 0 bridgehead atoms. The molecule has 0 aliphatic heterocycles. The van der Waals surface area contributed by atoms with Crippen molar-refractivity contribution in [1.82, 2.24) is 14.9 Å². The molecule has 5 nitrogen and oxygen atoms in total. The van der Waals surface area contributed by atoms with Crippen LogP contribution >= 0.6 is 11.3 Å². The minimum absolute atomic E-state index is 0.332. The van der Waals surface area contributed by atoms with Gasteiger partial charge in [-0.3, -0.25) is 0 Å². The van der Waals surface area contributed by atoms with Crippen molar-refractivity contribution in [2.75, 3.05) is 0 Å². The van der Waals surface area contributed by atoms with Crippen molar-refractivity contribution in [2.45, 2.75) is 53.0 Å². The molecule has 0 saturated carbocycles. The molecule has 0 amide bonds. The lowest BCUT2D eigenvalue weighted by atomic mass is 10.1. The summed E-state index contributed by atoms with van der Waals surface area (Å²) in [5, 5.41) is 12.1. The second-order valence-electron chi connectivity index (χ2n) is 6.58. The van der Waals surface area contributed by atoms with E-state index < -0.39 is 12.1 Å². The summed E-state index contributed by atoms with van der Waals surface area (Å²) < 4.78 is 35.3. The van der Waals surface area contributed by atoms with Crippen molar-refractivity contribution in [1.29, 1.82) is 0 Å². The van der Waals surface area contributed by atoms with E-state index in [1.54, 1.807) is 0 Å². The smallest absolute Gasteiger partial charge is 0.475 e. The molecule has 3 aromatic rings. The average Bonchev–Trinajstić information content (AvgIpc) is 3.25. The summed E-state index contributed by atoms with van der Waals surface area (Å²) in [7, 11) is 0. The zero-order chi connectivity index (χ0) is 21.8. The summed E-state index contributed by atoms with van der Waals surface area (Å²) in [6.07, 6.45) is -1.17. The zero-order valence-corrected chi connectivity index (χ0v) is 17.5. The van der Waals surface area contributed by atoms with Crippen LogP contribution in [0.15, 0.2) is 30.6 Å². The van der Waals surface area contributed by atoms with E-state index in [2.05, 4.69) is 60.8 Å². The lowest BCUT2D eigenvalue weighted by Crippen LogP contribution is -2.21. The van der Waals surface area contributed by atoms with E-state index in [9.17, 15) is 13.2 Å². The second kappa shape index (κ2) is 9.41. The zero-order valence-electron chi connectivity index (χ0n) is 16.7. The maximum Gasteiger partial charge on any atom is 0.490 e. The number of alkyl halides is 3. The fraction of sp³-hybridized carbons (Fsp3) is 0.400. The summed E-state index contributed by atoms with van der Waals surface area (Å²) in [5.41, 5.74) is 2.77. The van der Waals surface area contributed by atoms with Crippen LogP contribution in [0, 0.1) is 13.8 Å². The molecule has 0 saturated heterocycles. The van der Waals surface area contributed by atoms with Crippen LogP contribution in [0.1, 0.15) is 41.7 Å². The molecule has 0 fully saturated rings. The highest BCUT2D eigenvalue weighted by atomic mass is 32.1. The van der Waals surface area contributed by atoms with Crippen LogP contribution in [-0.4, -0.2) is 26.8 Å². The Morgan fingerprint density at radius 2 is 2.00 bits per heavy atom. The van der Waals surface area contributed by atoms with Gasteiger partial charge < -0.3 is 15.0 Å². The predicted molar refractivity (Wildman–Crippen MR) is 108 cm³/mol. The maximum atomic E-state index is 10.6. The third-order valence-corrected chi connectivity index (χ3v) is 6.17. The van der Waals surface area contributed by atoms with Gasteiger partial charge in [-0.05, 0) is 44.2 Å². The largest absolute Gasteiger partial charge is 0.490 e. The van der Waals surface area contributed by atoms with Gasteiger partial charge in [-0.25, -0.2) is 9.78 Å². The standard InChI is InChI=1S/C18H23N3S.C2HF3O2/c1-5-21-10-9-19-16(21)11-20-14(4)18-13(3)15-8-6-7-12(2)17(15)22-18;3-2(4,5)1(6)7/h6-10,14,20H,5,11H2,1-4H3;(H,6,7). The molecule has 0 spiro atoms. The Bertz CT molecular complexity index is 979. The topological polar surface area (TPSA) is 67.2 Å². The number of hydrogen-bond donors (Lipinski definition) is 2. The lowest BCUT2D eigenvalue weighted by molar-refractivity contribution is -0.192. The number of carbonyl (C=O) groups is 1. The van der Waals surface area contributed by atoms with Crippen molar-refractivity contribution in [2.24, 2.45) is 0 Å². The number of nitrogens with one attached hydrogen (secondary N) is 1. The number of hydrogen-bond acceptors (Lipinski definition) is 4. The highest BCUT2D eigenvalue weighted by Crippen LogP contribution is 2.36. The van der Waals surface area contributed by atoms with Crippen LogP contribution in [-0.2, 0) is 17.9 Å². The van der Waals surface area contributed by atoms with E-state index >= 15 is 0 Å². The minimum Gasteiger partial charge on any atom is -0.475 e. The molecular formula is C20H24F3N3O2S. The van der Waals surface area contributed by atoms with Crippen LogP contribution in [0.5, 0.6) is 0 Å². The molecule has 3 rings (SSSR count). The van der Waals surface area contributed by atoms with Crippen molar-refractivity contribution in [3.8, 4) is 0 Å². The summed E-state index contributed by atoms with van der Waals surface area (Å²) in [6.45, 7) is 10.6. The van der Waals surface area contributed by atoms with Gasteiger partial charge in [0.1, 0.15) is 5.82 Å². The Hall–Kier alpha value is -2.39. The number of aliphatic carboxylic acids is 1. The van der Waals surface area contributed by atoms with Crippen molar-refractivity contribution in [3.63, 3.8) is 0 Å². The summed E-state index contributed by atoms with van der Waals surface area (Å²) in [6, 6.07) is 6.91. The number of carboxylic acid groups (broad SMARTS) is 1. The van der Waals surface area contributed by atoms with E-state index in [-0.39, 0.29) is 0 Å². The van der Waals surface area contributed by atoms with E-state index in [0.717, 1.165) is 18.9 Å².